The van der Waals surface area contributed by atoms with Gasteiger partial charge in [0.1, 0.15) is 28.9 Å². The van der Waals surface area contributed by atoms with Crippen LogP contribution in [0.25, 0.3) is 17.1 Å². The molecular formula is C31H39ClF3N7O4S. The number of carbonyl (C=O) groups is 1. The Morgan fingerprint density at radius 1 is 1.11 bits per heavy atom. The van der Waals surface area contributed by atoms with Crippen molar-refractivity contribution in [1.29, 1.82) is 0 Å². The predicted molar refractivity (Wildman–Crippen MR) is 172 cm³/mol. The molecule has 0 saturated carbocycles. The third-order valence-corrected chi connectivity index (χ3v) is 9.91. The SMILES string of the molecule is C[C@@H]1CN(S(C)(=O)=O)CC[C@@H]1Nc1ncc(C(F)(F)F)c(-c2cn(-c3ccc(C4CCCCN4C(=O)OC(C)(C)C)cc3Cl)cn2)n1. The van der Waals surface area contributed by atoms with E-state index in [2.05, 4.69) is 20.3 Å². The number of likely N-dealkylation sites (tertiary alicyclic amines) is 1. The molecule has 0 aliphatic carbocycles. The van der Waals surface area contributed by atoms with Crippen molar-refractivity contribution in [2.24, 2.45) is 5.92 Å². The van der Waals surface area contributed by atoms with Gasteiger partial charge in [-0.05, 0) is 70.1 Å². The lowest BCUT2D eigenvalue weighted by atomic mass is 9.95. The molecule has 3 atom stereocenters. The van der Waals surface area contributed by atoms with Crippen molar-refractivity contribution in [1.82, 2.24) is 28.7 Å². The highest BCUT2D eigenvalue weighted by Gasteiger charge is 2.37. The number of hydrogen-bond donors (Lipinski definition) is 1. The van der Waals surface area contributed by atoms with Crippen LogP contribution in [-0.2, 0) is 20.9 Å². The van der Waals surface area contributed by atoms with E-state index in [9.17, 15) is 26.4 Å². The maximum absolute atomic E-state index is 14.1. The molecule has 16 heteroatoms. The van der Waals surface area contributed by atoms with Gasteiger partial charge in [0.05, 0.1) is 23.0 Å². The number of carbonyl (C=O) groups excluding carboxylic acids is 1. The molecule has 0 bridgehead atoms. The fourth-order valence-corrected chi connectivity index (χ4v) is 7.21. The van der Waals surface area contributed by atoms with E-state index < -0.39 is 39.2 Å². The summed E-state index contributed by atoms with van der Waals surface area (Å²) in [5.41, 5.74) is -0.811. The van der Waals surface area contributed by atoms with E-state index in [0.717, 1.165) is 37.3 Å². The van der Waals surface area contributed by atoms with Gasteiger partial charge in [-0.15, -0.1) is 0 Å². The molecule has 3 aromatic rings. The third kappa shape index (κ3) is 8.18. The number of halogens is 4. The fourth-order valence-electron chi connectivity index (χ4n) is 5.98. The zero-order valence-electron chi connectivity index (χ0n) is 26.9. The second kappa shape index (κ2) is 13.2. The van der Waals surface area contributed by atoms with Gasteiger partial charge in [-0.25, -0.2) is 32.5 Å². The van der Waals surface area contributed by atoms with Crippen molar-refractivity contribution in [3.8, 4) is 17.1 Å². The summed E-state index contributed by atoms with van der Waals surface area (Å²) in [6.45, 7) is 8.42. The standard InChI is InChI=1S/C31H39ClF3N7O4S/c1-19-16-41(47(5,44)45)13-11-23(19)38-28-36-15-21(31(33,34)35)27(39-28)24-17-40(18-37-24)26-10-9-20(14-22(26)32)25-8-6-7-12-42(25)29(43)46-30(2,3)4/h9-10,14-15,17-19,23,25H,6-8,11-13,16H2,1-5H3,(H,36,38,39)/t19-,23+,25?/m1/s1. The minimum atomic E-state index is -4.74. The lowest BCUT2D eigenvalue weighted by Crippen LogP contribution is -2.47. The quantitative estimate of drug-likeness (QED) is 0.308. The second-order valence-electron chi connectivity index (χ2n) is 13.2. The number of benzene rings is 1. The predicted octanol–water partition coefficient (Wildman–Crippen LogP) is 6.55. The Bertz CT molecular complexity index is 1730. The maximum atomic E-state index is 14.1. The van der Waals surface area contributed by atoms with E-state index >= 15 is 0 Å². The normalized spacial score (nSPS) is 21.5. The average molecular weight is 698 g/mol. The summed E-state index contributed by atoms with van der Waals surface area (Å²) < 4.78 is 74.7. The molecule has 1 unspecified atom stereocenters. The highest BCUT2D eigenvalue weighted by atomic mass is 35.5. The van der Waals surface area contributed by atoms with Gasteiger partial charge < -0.3 is 19.5 Å². The molecule has 1 amide bonds. The van der Waals surface area contributed by atoms with Gasteiger partial charge in [-0.3, -0.25) is 0 Å². The molecule has 1 N–H and O–H groups in total. The van der Waals surface area contributed by atoms with Gasteiger partial charge in [-0.1, -0.05) is 24.6 Å². The smallest absolute Gasteiger partial charge is 0.420 e. The molecule has 11 nitrogen and oxygen atoms in total. The van der Waals surface area contributed by atoms with E-state index in [1.807, 2.05) is 33.8 Å². The average Bonchev–Trinajstić information content (AvgIpc) is 3.46. The molecule has 256 valence electrons. The van der Waals surface area contributed by atoms with E-state index in [1.54, 1.807) is 17.0 Å². The first-order valence-electron chi connectivity index (χ1n) is 15.4. The van der Waals surface area contributed by atoms with Crippen LogP contribution in [0.3, 0.4) is 0 Å². The van der Waals surface area contributed by atoms with Gasteiger partial charge in [0.25, 0.3) is 0 Å². The number of ether oxygens (including phenoxy) is 1. The van der Waals surface area contributed by atoms with Crippen LogP contribution in [-0.4, -0.2) is 80.8 Å². The van der Waals surface area contributed by atoms with Gasteiger partial charge in [0.15, 0.2) is 0 Å². The number of sulfonamides is 1. The first-order valence-corrected chi connectivity index (χ1v) is 17.6. The maximum Gasteiger partial charge on any atom is 0.420 e. The Kier molecular flexibility index (Phi) is 9.82. The van der Waals surface area contributed by atoms with Crippen molar-refractivity contribution in [2.45, 2.75) is 77.2 Å². The molecule has 1 aromatic carbocycles. The number of nitrogens with one attached hydrogen (secondary N) is 1. The fraction of sp³-hybridized carbons (Fsp3) is 0.548. The molecule has 2 aromatic heterocycles. The van der Waals surface area contributed by atoms with Crippen molar-refractivity contribution >= 4 is 33.7 Å². The minimum Gasteiger partial charge on any atom is -0.444 e. The third-order valence-electron chi connectivity index (χ3n) is 8.34. The molecule has 5 rings (SSSR count). The van der Waals surface area contributed by atoms with Crippen LogP contribution in [0.4, 0.5) is 23.9 Å². The Hall–Kier alpha value is -3.43. The molecule has 2 fully saturated rings. The summed E-state index contributed by atoms with van der Waals surface area (Å²) in [5.74, 6) is -0.154. The first kappa shape index (κ1) is 34.9. The van der Waals surface area contributed by atoms with E-state index in [0.29, 0.717) is 23.7 Å². The zero-order valence-corrected chi connectivity index (χ0v) is 28.5. The summed E-state index contributed by atoms with van der Waals surface area (Å²) in [5, 5.41) is 3.43. The lowest BCUT2D eigenvalue weighted by Gasteiger charge is -2.37. The number of imidazole rings is 1. The van der Waals surface area contributed by atoms with Crippen molar-refractivity contribution < 1.29 is 31.1 Å². The van der Waals surface area contributed by atoms with Crippen LogP contribution in [0, 0.1) is 5.92 Å². The van der Waals surface area contributed by atoms with E-state index in [1.165, 1.54) is 21.4 Å². The lowest BCUT2D eigenvalue weighted by molar-refractivity contribution is -0.137. The van der Waals surface area contributed by atoms with Crippen molar-refractivity contribution in [3.63, 3.8) is 0 Å². The Labute approximate surface area is 277 Å². The Balaban J connectivity index is 1.39. The van der Waals surface area contributed by atoms with Gasteiger partial charge in [0.2, 0.25) is 16.0 Å². The highest BCUT2D eigenvalue weighted by Crippen LogP contribution is 2.38. The number of aromatic nitrogens is 4. The summed E-state index contributed by atoms with van der Waals surface area (Å²) >= 11 is 6.72. The van der Waals surface area contributed by atoms with Crippen LogP contribution in [0.1, 0.15) is 70.5 Å². The van der Waals surface area contributed by atoms with E-state index in [4.69, 9.17) is 16.3 Å². The van der Waals surface area contributed by atoms with Gasteiger partial charge in [0, 0.05) is 38.1 Å². The van der Waals surface area contributed by atoms with Crippen LogP contribution in [0.15, 0.2) is 36.9 Å². The number of amides is 1. The highest BCUT2D eigenvalue weighted by molar-refractivity contribution is 7.88. The van der Waals surface area contributed by atoms with Crippen LogP contribution in [0.2, 0.25) is 5.02 Å². The van der Waals surface area contributed by atoms with Crippen LogP contribution in [0.5, 0.6) is 0 Å². The van der Waals surface area contributed by atoms with Gasteiger partial charge >= 0.3 is 12.3 Å². The summed E-state index contributed by atoms with van der Waals surface area (Å²) in [4.78, 5) is 27.1. The molecule has 4 heterocycles. The second-order valence-corrected chi connectivity index (χ2v) is 15.5. The monoisotopic (exact) mass is 697 g/mol. The number of piperidine rings is 2. The Morgan fingerprint density at radius 2 is 1.85 bits per heavy atom. The summed E-state index contributed by atoms with van der Waals surface area (Å²) in [6, 6.07) is 4.87. The first-order chi connectivity index (χ1) is 21.9. The number of hydrogen-bond acceptors (Lipinski definition) is 8. The minimum absolute atomic E-state index is 0.0170. The number of alkyl halides is 3. The molecular weight excluding hydrogens is 659 g/mol. The summed E-state index contributed by atoms with van der Waals surface area (Å²) in [7, 11) is -3.36. The Morgan fingerprint density at radius 3 is 2.49 bits per heavy atom. The largest absolute Gasteiger partial charge is 0.444 e. The topological polar surface area (TPSA) is 123 Å². The zero-order chi connectivity index (χ0) is 34.3. The molecule has 2 aliphatic heterocycles. The molecule has 47 heavy (non-hydrogen) atoms. The van der Waals surface area contributed by atoms with Crippen molar-refractivity contribution in [3.05, 3.63) is 53.1 Å². The molecule has 0 spiro atoms. The van der Waals surface area contributed by atoms with Gasteiger partial charge in [-0.2, -0.15) is 13.2 Å². The van der Waals surface area contributed by atoms with E-state index in [-0.39, 0.29) is 42.7 Å². The van der Waals surface area contributed by atoms with Crippen LogP contribution < -0.4 is 5.32 Å². The molecule has 0 radical (unpaired) electrons. The number of anilines is 1. The molecule has 2 saturated heterocycles. The molecule has 2 aliphatic rings. The number of rotatable bonds is 6. The van der Waals surface area contributed by atoms with Crippen LogP contribution >= 0.6 is 11.6 Å². The number of nitrogens with zero attached hydrogens (tertiary/aromatic N) is 6. The summed E-state index contributed by atoms with van der Waals surface area (Å²) in [6.07, 6.45) is 2.49. The van der Waals surface area contributed by atoms with Crippen molar-refractivity contribution in [2.75, 3.05) is 31.2 Å².